The standard InChI is InChI=1S/C13H18Cl5NO3Si/c1-3-20-23(21-4-2,7-5-6-19)22-13-11(17)9(15)8(14)10(16)12(13)18/h3-7,19H2,1-2H3. The second kappa shape index (κ2) is 9.90. The lowest BCUT2D eigenvalue weighted by Gasteiger charge is -2.30. The van der Waals surface area contributed by atoms with Crippen LogP contribution in [-0.2, 0) is 8.85 Å². The van der Waals surface area contributed by atoms with E-state index < -0.39 is 8.80 Å². The molecule has 1 aromatic carbocycles. The maximum Gasteiger partial charge on any atom is 0.566 e. The van der Waals surface area contributed by atoms with Gasteiger partial charge in [-0.05, 0) is 26.8 Å². The molecule has 2 N–H and O–H groups in total. The lowest BCUT2D eigenvalue weighted by Crippen LogP contribution is -2.49. The zero-order chi connectivity index (χ0) is 17.6. The van der Waals surface area contributed by atoms with Gasteiger partial charge < -0.3 is 19.0 Å². The van der Waals surface area contributed by atoms with Gasteiger partial charge in [0.25, 0.3) is 0 Å². The van der Waals surface area contributed by atoms with E-state index in [-0.39, 0.29) is 30.9 Å². The Labute approximate surface area is 162 Å². The van der Waals surface area contributed by atoms with Gasteiger partial charge in [-0.25, -0.2) is 0 Å². The molecule has 0 aliphatic heterocycles. The predicted octanol–water partition coefficient (Wildman–Crippen LogP) is 5.69. The molecule has 0 saturated heterocycles. The van der Waals surface area contributed by atoms with E-state index in [9.17, 15) is 0 Å². The molecule has 4 nitrogen and oxygen atoms in total. The molecule has 0 aliphatic rings. The van der Waals surface area contributed by atoms with Crippen molar-refractivity contribution in [2.45, 2.75) is 26.3 Å². The molecule has 0 atom stereocenters. The maximum atomic E-state index is 6.22. The Hall–Kier alpha value is 0.567. The van der Waals surface area contributed by atoms with Gasteiger partial charge in [0.15, 0.2) is 0 Å². The van der Waals surface area contributed by atoms with Crippen molar-refractivity contribution in [1.82, 2.24) is 0 Å². The summed E-state index contributed by atoms with van der Waals surface area (Å²) < 4.78 is 17.6. The summed E-state index contributed by atoms with van der Waals surface area (Å²) in [5.74, 6) is 0.110. The average Bonchev–Trinajstić information content (AvgIpc) is 2.54. The van der Waals surface area contributed by atoms with E-state index in [0.717, 1.165) is 0 Å². The van der Waals surface area contributed by atoms with Crippen LogP contribution in [0.3, 0.4) is 0 Å². The van der Waals surface area contributed by atoms with Crippen molar-refractivity contribution in [3.05, 3.63) is 25.1 Å². The number of nitrogens with two attached hydrogens (primary N) is 1. The van der Waals surface area contributed by atoms with Gasteiger partial charge in [0.05, 0.1) is 15.1 Å². The molecular formula is C13H18Cl5NO3Si. The van der Waals surface area contributed by atoms with Gasteiger partial charge in [0.1, 0.15) is 15.8 Å². The normalized spacial score (nSPS) is 11.8. The number of hydrogen-bond acceptors (Lipinski definition) is 4. The van der Waals surface area contributed by atoms with E-state index >= 15 is 0 Å². The minimum atomic E-state index is -3.09. The van der Waals surface area contributed by atoms with E-state index in [1.165, 1.54) is 0 Å². The van der Waals surface area contributed by atoms with E-state index in [1.807, 2.05) is 13.8 Å². The van der Waals surface area contributed by atoms with E-state index in [1.54, 1.807) is 0 Å². The third-order valence-corrected chi connectivity index (χ3v) is 8.02. The third-order valence-electron chi connectivity index (χ3n) is 2.84. The van der Waals surface area contributed by atoms with Gasteiger partial charge in [-0.2, -0.15) is 0 Å². The van der Waals surface area contributed by atoms with Crippen LogP contribution in [0.5, 0.6) is 5.75 Å². The fourth-order valence-corrected chi connectivity index (χ4v) is 5.84. The first-order valence-corrected chi connectivity index (χ1v) is 10.8. The summed E-state index contributed by atoms with van der Waals surface area (Å²) in [4.78, 5) is 0. The lowest BCUT2D eigenvalue weighted by atomic mass is 10.3. The quantitative estimate of drug-likeness (QED) is 0.304. The summed E-state index contributed by atoms with van der Waals surface area (Å²) in [5.41, 5.74) is 5.59. The molecule has 0 saturated carbocycles. The fourth-order valence-electron chi connectivity index (χ4n) is 1.88. The molecule has 1 aromatic rings. The Morgan fingerprint density at radius 1 is 0.826 bits per heavy atom. The fraction of sp³-hybridized carbons (Fsp3) is 0.538. The zero-order valence-electron chi connectivity index (χ0n) is 12.7. The molecule has 23 heavy (non-hydrogen) atoms. The minimum Gasteiger partial charge on any atom is -0.498 e. The molecule has 10 heteroatoms. The third kappa shape index (κ3) is 5.27. The van der Waals surface area contributed by atoms with E-state index in [4.69, 9.17) is 77.0 Å². The molecule has 0 unspecified atom stereocenters. The van der Waals surface area contributed by atoms with Crippen LogP contribution in [0.15, 0.2) is 0 Å². The van der Waals surface area contributed by atoms with Gasteiger partial charge in [0.2, 0.25) is 0 Å². The largest absolute Gasteiger partial charge is 0.566 e. The van der Waals surface area contributed by atoms with Crippen molar-refractivity contribution in [2.24, 2.45) is 5.73 Å². The summed E-state index contributed by atoms with van der Waals surface area (Å²) in [7, 11) is -3.09. The second-order valence-electron chi connectivity index (χ2n) is 4.44. The molecule has 0 radical (unpaired) electrons. The first kappa shape index (κ1) is 21.6. The number of benzene rings is 1. The van der Waals surface area contributed by atoms with Crippen LogP contribution in [0.2, 0.25) is 31.2 Å². The molecule has 132 valence electrons. The Morgan fingerprint density at radius 3 is 1.65 bits per heavy atom. The molecule has 0 bridgehead atoms. The Balaban J connectivity index is 3.32. The highest BCUT2D eigenvalue weighted by Gasteiger charge is 2.44. The summed E-state index contributed by atoms with van der Waals surface area (Å²) in [6, 6.07) is 0.510. The maximum absolute atomic E-state index is 6.22. The van der Waals surface area contributed by atoms with Gasteiger partial charge in [-0.1, -0.05) is 58.0 Å². The molecule has 0 spiro atoms. The van der Waals surface area contributed by atoms with E-state index in [2.05, 4.69) is 0 Å². The van der Waals surface area contributed by atoms with Gasteiger partial charge in [-0.15, -0.1) is 0 Å². The van der Waals surface area contributed by atoms with Crippen molar-refractivity contribution in [2.75, 3.05) is 19.8 Å². The summed E-state index contributed by atoms with van der Waals surface area (Å²) >= 11 is 30.6. The molecule has 0 fully saturated rings. The zero-order valence-corrected chi connectivity index (χ0v) is 17.5. The summed E-state index contributed by atoms with van der Waals surface area (Å²) in [6.45, 7) is 4.97. The Morgan fingerprint density at radius 2 is 1.26 bits per heavy atom. The molecule has 0 heterocycles. The van der Waals surface area contributed by atoms with Crippen LogP contribution in [0.1, 0.15) is 20.3 Å². The van der Waals surface area contributed by atoms with Gasteiger partial charge in [0, 0.05) is 19.3 Å². The first-order valence-electron chi connectivity index (χ1n) is 7.01. The molecule has 0 amide bonds. The molecule has 1 rings (SSSR count). The van der Waals surface area contributed by atoms with Crippen molar-refractivity contribution in [3.8, 4) is 5.75 Å². The Bertz CT molecular complexity index is 512. The average molecular weight is 442 g/mol. The van der Waals surface area contributed by atoms with Crippen LogP contribution >= 0.6 is 58.0 Å². The van der Waals surface area contributed by atoms with Gasteiger partial charge in [-0.3, -0.25) is 0 Å². The SMILES string of the molecule is CCO[Si](CCCN)(OCC)Oc1c(Cl)c(Cl)c(Cl)c(Cl)c1Cl. The van der Waals surface area contributed by atoms with Crippen molar-refractivity contribution in [1.29, 1.82) is 0 Å². The highest BCUT2D eigenvalue weighted by Crippen LogP contribution is 2.49. The van der Waals surface area contributed by atoms with Crippen molar-refractivity contribution >= 4 is 66.8 Å². The Kier molecular flexibility index (Phi) is 9.30. The smallest absolute Gasteiger partial charge is 0.498 e. The monoisotopic (exact) mass is 439 g/mol. The highest BCUT2D eigenvalue weighted by molar-refractivity contribution is 6.62. The van der Waals surface area contributed by atoms with Gasteiger partial charge >= 0.3 is 8.80 Å². The molecule has 0 aromatic heterocycles. The predicted molar refractivity (Wildman–Crippen MR) is 99.6 cm³/mol. The van der Waals surface area contributed by atoms with Crippen molar-refractivity contribution in [3.63, 3.8) is 0 Å². The minimum absolute atomic E-state index is 0.0625. The number of rotatable bonds is 9. The summed E-state index contributed by atoms with van der Waals surface area (Å²) in [5, 5.41) is 0.322. The molecular weight excluding hydrogens is 423 g/mol. The van der Waals surface area contributed by atoms with Crippen LogP contribution in [-0.4, -0.2) is 28.6 Å². The van der Waals surface area contributed by atoms with Crippen LogP contribution < -0.4 is 10.2 Å². The van der Waals surface area contributed by atoms with Crippen LogP contribution in [0, 0.1) is 0 Å². The highest BCUT2D eigenvalue weighted by atomic mass is 35.5. The van der Waals surface area contributed by atoms with Crippen LogP contribution in [0.25, 0.3) is 0 Å². The number of halogens is 5. The lowest BCUT2D eigenvalue weighted by molar-refractivity contribution is 0.116. The van der Waals surface area contributed by atoms with Crippen molar-refractivity contribution < 1.29 is 13.3 Å². The second-order valence-corrected chi connectivity index (χ2v) is 8.98. The van der Waals surface area contributed by atoms with Crippen LogP contribution in [0.4, 0.5) is 0 Å². The van der Waals surface area contributed by atoms with E-state index in [0.29, 0.717) is 32.2 Å². The number of hydrogen-bond donors (Lipinski definition) is 1. The first-order chi connectivity index (χ1) is 10.8. The molecule has 0 aliphatic carbocycles. The topological polar surface area (TPSA) is 53.7 Å². The summed E-state index contributed by atoms with van der Waals surface area (Å²) in [6.07, 6.45) is 0.663.